The lowest BCUT2D eigenvalue weighted by molar-refractivity contribution is 0.0755. The molecule has 2 rings (SSSR count). The third-order valence-electron chi connectivity index (χ3n) is 3.97. The van der Waals surface area contributed by atoms with E-state index in [1.165, 1.54) is 4.68 Å². The second-order valence-corrected chi connectivity index (χ2v) is 5.98. The van der Waals surface area contributed by atoms with Crippen molar-refractivity contribution < 1.29 is 4.79 Å². The lowest BCUT2D eigenvalue weighted by Crippen LogP contribution is -2.35. The number of benzene rings is 1. The molecule has 0 N–H and O–H groups in total. The van der Waals surface area contributed by atoms with Gasteiger partial charge in [0.15, 0.2) is 5.69 Å². The van der Waals surface area contributed by atoms with Crippen LogP contribution < -0.4 is 5.56 Å². The molecular weight excluding hydrogens is 290 g/mol. The Hall–Kier alpha value is -2.17. The number of hydrogen-bond acceptors (Lipinski definition) is 3. The van der Waals surface area contributed by atoms with Crippen molar-refractivity contribution in [1.82, 2.24) is 14.7 Å². The van der Waals surface area contributed by atoms with Crippen LogP contribution in [0.15, 0.2) is 29.1 Å². The summed E-state index contributed by atoms with van der Waals surface area (Å²) in [7, 11) is 0. The maximum atomic E-state index is 12.9. The molecule has 0 atom stereocenters. The van der Waals surface area contributed by atoms with Crippen molar-refractivity contribution in [2.75, 3.05) is 13.1 Å². The summed E-state index contributed by atoms with van der Waals surface area (Å²) < 4.78 is 1.41. The van der Waals surface area contributed by atoms with E-state index in [4.69, 9.17) is 0 Å². The molecule has 0 aliphatic heterocycles. The first kappa shape index (κ1) is 17.2. The number of hydrogen-bond donors (Lipinski definition) is 0. The Kier molecular flexibility index (Phi) is 5.53. The zero-order chi connectivity index (χ0) is 17.0. The first-order chi connectivity index (χ1) is 11.0. The van der Waals surface area contributed by atoms with E-state index >= 15 is 0 Å². The molecule has 0 radical (unpaired) electrons. The number of carbonyl (C=O) groups is 1. The Bertz CT molecular complexity index is 750. The van der Waals surface area contributed by atoms with Gasteiger partial charge in [-0.05, 0) is 33.3 Å². The summed E-state index contributed by atoms with van der Waals surface area (Å²) in [6.45, 7) is 9.20. The molecule has 1 amide bonds. The van der Waals surface area contributed by atoms with E-state index < -0.39 is 0 Å². The summed E-state index contributed by atoms with van der Waals surface area (Å²) in [5.74, 6) is -0.105. The van der Waals surface area contributed by atoms with Crippen LogP contribution in [0.2, 0.25) is 0 Å². The molecule has 1 aromatic carbocycles. The van der Waals surface area contributed by atoms with Crippen LogP contribution in [0.4, 0.5) is 0 Å². The average Bonchev–Trinajstić information content (AvgIpc) is 2.55. The summed E-state index contributed by atoms with van der Waals surface area (Å²) in [6.07, 6.45) is 1.99. The van der Waals surface area contributed by atoms with Gasteiger partial charge in [0.05, 0.1) is 11.4 Å². The number of carbonyl (C=O) groups excluding carboxylic acids is 1. The summed E-state index contributed by atoms with van der Waals surface area (Å²) in [4.78, 5) is 27.3. The van der Waals surface area contributed by atoms with Crippen molar-refractivity contribution in [3.05, 3.63) is 40.3 Å². The zero-order valence-corrected chi connectivity index (χ0v) is 14.4. The molecule has 1 aromatic heterocycles. The Labute approximate surface area is 136 Å². The van der Waals surface area contributed by atoms with Crippen LogP contribution in [0.1, 0.15) is 57.1 Å². The van der Waals surface area contributed by atoms with Gasteiger partial charge in [-0.25, -0.2) is 4.68 Å². The number of fused-ring (bicyclic) bond motifs is 1. The molecule has 5 heteroatoms. The minimum Gasteiger partial charge on any atom is -0.338 e. The van der Waals surface area contributed by atoms with E-state index in [0.717, 1.165) is 12.8 Å². The molecule has 2 aromatic rings. The van der Waals surface area contributed by atoms with Crippen molar-refractivity contribution in [2.45, 2.75) is 46.6 Å². The van der Waals surface area contributed by atoms with Crippen LogP contribution in [0.3, 0.4) is 0 Å². The highest BCUT2D eigenvalue weighted by molar-refractivity contribution is 6.04. The normalized spacial score (nSPS) is 11.2. The fourth-order valence-electron chi connectivity index (χ4n) is 2.62. The van der Waals surface area contributed by atoms with Gasteiger partial charge in [0, 0.05) is 18.5 Å². The van der Waals surface area contributed by atoms with Crippen molar-refractivity contribution >= 4 is 16.7 Å². The minimum atomic E-state index is -0.149. The molecule has 23 heavy (non-hydrogen) atoms. The van der Waals surface area contributed by atoms with Gasteiger partial charge < -0.3 is 4.90 Å². The Morgan fingerprint density at radius 3 is 2.43 bits per heavy atom. The lowest BCUT2D eigenvalue weighted by atomic mass is 10.1. The fourth-order valence-corrected chi connectivity index (χ4v) is 2.62. The summed E-state index contributed by atoms with van der Waals surface area (Å²) in [5.41, 5.74) is 0.218. The van der Waals surface area contributed by atoms with E-state index in [1.54, 1.807) is 17.0 Å². The first-order valence-electron chi connectivity index (χ1n) is 8.32. The molecule has 0 aliphatic carbocycles. The van der Waals surface area contributed by atoms with Gasteiger partial charge in [-0.3, -0.25) is 9.59 Å². The van der Waals surface area contributed by atoms with Crippen molar-refractivity contribution in [2.24, 2.45) is 0 Å². The predicted molar refractivity (Wildman–Crippen MR) is 92.9 cm³/mol. The van der Waals surface area contributed by atoms with Crippen LogP contribution >= 0.6 is 0 Å². The largest absolute Gasteiger partial charge is 0.338 e. The van der Waals surface area contributed by atoms with E-state index in [0.29, 0.717) is 29.6 Å². The second kappa shape index (κ2) is 7.40. The van der Waals surface area contributed by atoms with Crippen LogP contribution in [0.5, 0.6) is 0 Å². The Morgan fingerprint density at radius 2 is 1.87 bits per heavy atom. The van der Waals surface area contributed by atoms with Gasteiger partial charge in [-0.15, -0.1) is 0 Å². The molecule has 0 spiro atoms. The Morgan fingerprint density at radius 1 is 1.22 bits per heavy atom. The molecule has 0 unspecified atom stereocenters. The molecule has 0 aliphatic rings. The molecule has 124 valence electrons. The standard InChI is InChI=1S/C18H25N3O2/c1-5-7-12-20(6-2)18(23)16-14-10-8-9-11-15(14)17(22)21(19-16)13(3)4/h8-11,13H,5-7,12H2,1-4H3. The van der Waals surface area contributed by atoms with Crippen molar-refractivity contribution in [3.8, 4) is 0 Å². The molecule has 0 saturated heterocycles. The average molecular weight is 315 g/mol. The number of nitrogens with zero attached hydrogens (tertiary/aromatic N) is 3. The van der Waals surface area contributed by atoms with Crippen LogP contribution in [-0.4, -0.2) is 33.7 Å². The van der Waals surface area contributed by atoms with E-state index in [2.05, 4.69) is 12.0 Å². The minimum absolute atomic E-state index is 0.0932. The topological polar surface area (TPSA) is 55.2 Å². The summed E-state index contributed by atoms with van der Waals surface area (Å²) in [5, 5.41) is 5.57. The van der Waals surface area contributed by atoms with E-state index in [-0.39, 0.29) is 17.5 Å². The Balaban J connectivity index is 2.61. The van der Waals surface area contributed by atoms with Gasteiger partial charge >= 0.3 is 0 Å². The van der Waals surface area contributed by atoms with Gasteiger partial charge in [0.25, 0.3) is 11.5 Å². The van der Waals surface area contributed by atoms with Crippen molar-refractivity contribution in [3.63, 3.8) is 0 Å². The quantitative estimate of drug-likeness (QED) is 0.822. The van der Waals surface area contributed by atoms with E-state index in [1.807, 2.05) is 32.9 Å². The maximum absolute atomic E-state index is 12.9. The smallest absolute Gasteiger partial charge is 0.274 e. The first-order valence-corrected chi connectivity index (χ1v) is 8.32. The number of aromatic nitrogens is 2. The highest BCUT2D eigenvalue weighted by Gasteiger charge is 2.21. The number of amides is 1. The monoisotopic (exact) mass is 315 g/mol. The third kappa shape index (κ3) is 3.44. The molecule has 0 saturated carbocycles. The van der Waals surface area contributed by atoms with Crippen molar-refractivity contribution in [1.29, 1.82) is 0 Å². The van der Waals surface area contributed by atoms with E-state index in [9.17, 15) is 9.59 Å². The zero-order valence-electron chi connectivity index (χ0n) is 14.4. The fraction of sp³-hybridized carbons (Fsp3) is 0.500. The SMILES string of the molecule is CCCCN(CC)C(=O)c1nn(C(C)C)c(=O)c2ccccc12. The summed E-state index contributed by atoms with van der Waals surface area (Å²) in [6, 6.07) is 7.12. The van der Waals surface area contributed by atoms with Gasteiger partial charge in [0.1, 0.15) is 0 Å². The predicted octanol–water partition coefficient (Wildman–Crippen LogP) is 3.24. The highest BCUT2D eigenvalue weighted by Crippen LogP contribution is 2.17. The molecule has 0 bridgehead atoms. The maximum Gasteiger partial charge on any atom is 0.274 e. The van der Waals surface area contributed by atoms with Gasteiger partial charge in [0.2, 0.25) is 0 Å². The van der Waals surface area contributed by atoms with Crippen LogP contribution in [0, 0.1) is 0 Å². The number of unbranched alkanes of at least 4 members (excludes halogenated alkanes) is 1. The molecule has 5 nitrogen and oxygen atoms in total. The third-order valence-corrected chi connectivity index (χ3v) is 3.97. The summed E-state index contributed by atoms with van der Waals surface area (Å²) >= 11 is 0. The van der Waals surface area contributed by atoms with Crippen LogP contribution in [-0.2, 0) is 0 Å². The lowest BCUT2D eigenvalue weighted by Gasteiger charge is -2.21. The molecule has 1 heterocycles. The second-order valence-electron chi connectivity index (χ2n) is 5.98. The molecule has 0 fully saturated rings. The van der Waals surface area contributed by atoms with Crippen LogP contribution in [0.25, 0.3) is 10.8 Å². The van der Waals surface area contributed by atoms with Gasteiger partial charge in [-0.2, -0.15) is 5.10 Å². The molecular formula is C18H25N3O2. The highest BCUT2D eigenvalue weighted by atomic mass is 16.2. The van der Waals surface area contributed by atoms with Gasteiger partial charge in [-0.1, -0.05) is 31.5 Å². The number of rotatable bonds is 6.